The molecule has 25 heavy (non-hydrogen) atoms. The van der Waals surface area contributed by atoms with Crippen LogP contribution in [-0.4, -0.2) is 32.8 Å². The standard InChI is InChI=1S/C20H30ClNO3/c1-18(2,3)25-17(24)22-19(4,5)12-9-13-20(22,6)16(23)14-10-7-8-11-15(14)21/h7-8,10-11,16,23H,9,12-13H2,1-6H3/t16-,20-/m1/s1. The maximum atomic E-state index is 13.0. The van der Waals surface area contributed by atoms with Gasteiger partial charge < -0.3 is 9.84 Å². The molecule has 0 spiro atoms. The predicted octanol–water partition coefficient (Wildman–Crippen LogP) is 5.33. The number of rotatable bonds is 2. The van der Waals surface area contributed by atoms with E-state index in [0.29, 0.717) is 17.0 Å². The van der Waals surface area contributed by atoms with Gasteiger partial charge in [0.15, 0.2) is 0 Å². The van der Waals surface area contributed by atoms with Gasteiger partial charge in [-0.3, -0.25) is 4.90 Å². The Kier molecular flexibility index (Phi) is 5.46. The van der Waals surface area contributed by atoms with Crippen LogP contribution in [-0.2, 0) is 4.74 Å². The summed E-state index contributed by atoms with van der Waals surface area (Å²) in [5.74, 6) is 0. The molecule has 1 aliphatic rings. The van der Waals surface area contributed by atoms with E-state index in [4.69, 9.17) is 16.3 Å². The number of benzene rings is 1. The number of halogens is 1. The highest BCUT2D eigenvalue weighted by molar-refractivity contribution is 6.31. The van der Waals surface area contributed by atoms with Crippen LogP contribution in [0.25, 0.3) is 0 Å². The van der Waals surface area contributed by atoms with Gasteiger partial charge in [-0.1, -0.05) is 29.8 Å². The molecule has 0 unspecified atom stereocenters. The molecule has 2 atom stereocenters. The third-order valence-corrected chi connectivity index (χ3v) is 5.30. The van der Waals surface area contributed by atoms with Gasteiger partial charge in [-0.15, -0.1) is 0 Å². The van der Waals surface area contributed by atoms with Gasteiger partial charge in [0.25, 0.3) is 0 Å². The van der Waals surface area contributed by atoms with Gasteiger partial charge in [0, 0.05) is 16.1 Å². The van der Waals surface area contributed by atoms with Gasteiger partial charge in [-0.25, -0.2) is 4.79 Å². The number of aliphatic hydroxyl groups is 1. The van der Waals surface area contributed by atoms with Crippen molar-refractivity contribution in [2.75, 3.05) is 0 Å². The van der Waals surface area contributed by atoms with Crippen LogP contribution in [0.2, 0.25) is 5.02 Å². The minimum Gasteiger partial charge on any atom is -0.444 e. The summed E-state index contributed by atoms with van der Waals surface area (Å²) in [7, 11) is 0. The highest BCUT2D eigenvalue weighted by Gasteiger charge is 2.52. The fourth-order valence-corrected chi connectivity index (χ4v) is 4.09. The Labute approximate surface area is 156 Å². The number of carbonyl (C=O) groups excluding carboxylic acids is 1. The first-order valence-corrected chi connectivity index (χ1v) is 9.22. The Morgan fingerprint density at radius 2 is 1.84 bits per heavy atom. The van der Waals surface area contributed by atoms with Crippen LogP contribution in [0.4, 0.5) is 4.79 Å². The highest BCUT2D eigenvalue weighted by Crippen LogP contribution is 2.46. The van der Waals surface area contributed by atoms with Crippen molar-refractivity contribution >= 4 is 17.7 Å². The molecule has 5 heteroatoms. The summed E-state index contributed by atoms with van der Waals surface area (Å²) in [5, 5.41) is 11.7. The molecule has 0 saturated carbocycles. The fourth-order valence-electron chi connectivity index (χ4n) is 3.85. The SMILES string of the molecule is CC(C)(C)OC(=O)N1C(C)(C)CCC[C@]1(C)[C@H](O)c1ccccc1Cl. The quantitative estimate of drug-likeness (QED) is 0.768. The summed E-state index contributed by atoms with van der Waals surface area (Å²) in [4.78, 5) is 14.8. The fraction of sp³-hybridized carbons (Fsp3) is 0.650. The van der Waals surface area contributed by atoms with E-state index in [1.807, 2.05) is 59.7 Å². The largest absolute Gasteiger partial charge is 0.444 e. The van der Waals surface area contributed by atoms with Crippen LogP contribution in [0.1, 0.15) is 72.5 Å². The highest BCUT2D eigenvalue weighted by atomic mass is 35.5. The normalized spacial score (nSPS) is 24.7. The maximum Gasteiger partial charge on any atom is 0.411 e. The van der Waals surface area contributed by atoms with Crippen molar-refractivity contribution in [1.29, 1.82) is 0 Å². The van der Waals surface area contributed by atoms with E-state index in [9.17, 15) is 9.90 Å². The molecule has 1 aliphatic heterocycles. The first-order valence-electron chi connectivity index (χ1n) is 8.84. The summed E-state index contributed by atoms with van der Waals surface area (Å²) in [6, 6.07) is 7.25. The summed E-state index contributed by atoms with van der Waals surface area (Å²) >= 11 is 6.31. The second-order valence-corrected chi connectivity index (χ2v) is 9.17. The minimum atomic E-state index is -0.895. The molecule has 1 heterocycles. The molecule has 0 bridgehead atoms. The average Bonchev–Trinajstić information content (AvgIpc) is 2.44. The van der Waals surface area contributed by atoms with Crippen molar-refractivity contribution in [3.05, 3.63) is 34.9 Å². The summed E-state index contributed by atoms with van der Waals surface area (Å²) in [6.45, 7) is 11.5. The summed E-state index contributed by atoms with van der Waals surface area (Å²) in [5.41, 5.74) is -1.18. The van der Waals surface area contributed by atoms with Gasteiger partial charge in [0.05, 0.1) is 5.54 Å². The summed E-state index contributed by atoms with van der Waals surface area (Å²) in [6.07, 6.45) is 1.17. The number of hydrogen-bond donors (Lipinski definition) is 1. The first kappa shape index (κ1) is 20.1. The number of likely N-dealkylation sites (tertiary alicyclic amines) is 1. The topological polar surface area (TPSA) is 49.8 Å². The number of piperidine rings is 1. The second-order valence-electron chi connectivity index (χ2n) is 8.76. The Morgan fingerprint density at radius 1 is 1.24 bits per heavy atom. The minimum absolute atomic E-state index is 0.397. The zero-order valence-electron chi connectivity index (χ0n) is 16.1. The lowest BCUT2D eigenvalue weighted by Crippen LogP contribution is -2.65. The Balaban J connectivity index is 2.47. The zero-order chi connectivity index (χ0) is 19.0. The van der Waals surface area contributed by atoms with E-state index < -0.39 is 28.9 Å². The van der Waals surface area contributed by atoms with Crippen LogP contribution in [0.3, 0.4) is 0 Å². The van der Waals surface area contributed by atoms with Crippen molar-refractivity contribution in [2.24, 2.45) is 0 Å². The monoisotopic (exact) mass is 367 g/mol. The molecule has 1 N–H and O–H groups in total. The van der Waals surface area contributed by atoms with Crippen LogP contribution in [0, 0.1) is 0 Å². The van der Waals surface area contributed by atoms with E-state index in [2.05, 4.69) is 0 Å². The Morgan fingerprint density at radius 3 is 2.40 bits per heavy atom. The van der Waals surface area contributed by atoms with Gasteiger partial charge in [-0.2, -0.15) is 0 Å². The maximum absolute atomic E-state index is 13.0. The summed E-state index contributed by atoms with van der Waals surface area (Å²) < 4.78 is 5.67. The lowest BCUT2D eigenvalue weighted by molar-refractivity contribution is -0.103. The molecule has 0 aromatic heterocycles. The van der Waals surface area contributed by atoms with Crippen molar-refractivity contribution in [3.63, 3.8) is 0 Å². The molecule has 1 fully saturated rings. The Hall–Kier alpha value is -1.26. The van der Waals surface area contributed by atoms with Crippen molar-refractivity contribution in [2.45, 2.75) is 83.6 Å². The van der Waals surface area contributed by atoms with E-state index in [1.54, 1.807) is 11.0 Å². The lowest BCUT2D eigenvalue weighted by Gasteiger charge is -2.55. The van der Waals surface area contributed by atoms with E-state index in [0.717, 1.165) is 12.8 Å². The molecule has 140 valence electrons. The number of ether oxygens (including phenoxy) is 1. The van der Waals surface area contributed by atoms with Gasteiger partial charge in [0.1, 0.15) is 11.7 Å². The van der Waals surface area contributed by atoms with E-state index in [1.165, 1.54) is 0 Å². The number of amides is 1. The Bertz CT molecular complexity index is 638. The molecule has 1 saturated heterocycles. The number of nitrogens with zero attached hydrogens (tertiary/aromatic N) is 1. The van der Waals surface area contributed by atoms with E-state index in [-0.39, 0.29) is 0 Å². The molecule has 1 amide bonds. The third kappa shape index (κ3) is 4.12. The third-order valence-electron chi connectivity index (χ3n) is 4.95. The number of aliphatic hydroxyl groups excluding tert-OH is 1. The van der Waals surface area contributed by atoms with Crippen molar-refractivity contribution in [1.82, 2.24) is 4.90 Å². The number of hydrogen-bond acceptors (Lipinski definition) is 3. The number of carbonyl (C=O) groups is 1. The van der Waals surface area contributed by atoms with Crippen LogP contribution >= 0.6 is 11.6 Å². The van der Waals surface area contributed by atoms with Crippen LogP contribution in [0.15, 0.2) is 24.3 Å². The lowest BCUT2D eigenvalue weighted by atomic mass is 9.74. The molecular weight excluding hydrogens is 338 g/mol. The smallest absolute Gasteiger partial charge is 0.411 e. The molecule has 2 rings (SSSR count). The molecule has 0 radical (unpaired) electrons. The molecule has 0 aliphatic carbocycles. The predicted molar refractivity (Wildman–Crippen MR) is 101 cm³/mol. The van der Waals surface area contributed by atoms with Crippen molar-refractivity contribution in [3.8, 4) is 0 Å². The van der Waals surface area contributed by atoms with Gasteiger partial charge >= 0.3 is 6.09 Å². The average molecular weight is 368 g/mol. The van der Waals surface area contributed by atoms with E-state index >= 15 is 0 Å². The van der Waals surface area contributed by atoms with Crippen LogP contribution < -0.4 is 0 Å². The molecular formula is C20H30ClNO3. The van der Waals surface area contributed by atoms with Gasteiger partial charge in [-0.05, 0) is 66.9 Å². The molecule has 1 aromatic carbocycles. The molecule has 1 aromatic rings. The first-order chi connectivity index (χ1) is 11.4. The molecule has 4 nitrogen and oxygen atoms in total. The van der Waals surface area contributed by atoms with Crippen LogP contribution in [0.5, 0.6) is 0 Å². The van der Waals surface area contributed by atoms with Gasteiger partial charge in [0.2, 0.25) is 0 Å². The van der Waals surface area contributed by atoms with Crippen molar-refractivity contribution < 1.29 is 14.6 Å². The second kappa shape index (κ2) is 6.81. The zero-order valence-corrected chi connectivity index (χ0v) is 16.9.